The van der Waals surface area contributed by atoms with Crippen molar-refractivity contribution in [2.45, 2.75) is 25.7 Å². The molecule has 3 N–H and O–H groups in total. The number of halogens is 2. The number of carbonyl (C=O) groups is 1. The van der Waals surface area contributed by atoms with Gasteiger partial charge >= 0.3 is 0 Å². The number of nitrogens with zero attached hydrogens (tertiary/aromatic N) is 1. The fourth-order valence-corrected chi connectivity index (χ4v) is 4.30. The summed E-state index contributed by atoms with van der Waals surface area (Å²) in [6, 6.07) is 6.50. The van der Waals surface area contributed by atoms with Crippen LogP contribution < -0.4 is 16.0 Å². The third kappa shape index (κ3) is 5.93. The fourth-order valence-electron chi connectivity index (χ4n) is 4.09. The molecule has 6 nitrogen and oxygen atoms in total. The summed E-state index contributed by atoms with van der Waals surface area (Å²) in [7, 11) is 0. The maximum Gasteiger partial charge on any atom is 0.229 e. The van der Waals surface area contributed by atoms with E-state index in [4.69, 9.17) is 16.3 Å². The average molecular weight is 447 g/mol. The van der Waals surface area contributed by atoms with Gasteiger partial charge < -0.3 is 20.7 Å². The molecule has 1 atom stereocenters. The van der Waals surface area contributed by atoms with Crippen LogP contribution in [0.4, 0.5) is 15.9 Å². The molecular weight excluding hydrogens is 419 g/mol. The summed E-state index contributed by atoms with van der Waals surface area (Å²) in [6.45, 7) is 3.93. The van der Waals surface area contributed by atoms with Gasteiger partial charge in [-0.05, 0) is 68.0 Å². The molecule has 8 heteroatoms. The lowest BCUT2D eigenvalue weighted by Gasteiger charge is -2.23. The zero-order valence-electron chi connectivity index (χ0n) is 17.4. The second kappa shape index (κ2) is 10.4. The fraction of sp³-hybridized carbons (Fsp3) is 0.478. The molecule has 0 radical (unpaired) electrons. The van der Waals surface area contributed by atoms with E-state index in [2.05, 4.69) is 20.9 Å². The Kier molecular flexibility index (Phi) is 7.37. The molecule has 31 heavy (non-hydrogen) atoms. The van der Waals surface area contributed by atoms with Gasteiger partial charge in [0, 0.05) is 43.8 Å². The summed E-state index contributed by atoms with van der Waals surface area (Å²) in [6.07, 6.45) is 5.33. The molecule has 2 fully saturated rings. The van der Waals surface area contributed by atoms with Gasteiger partial charge in [0.2, 0.25) is 5.91 Å². The Bertz CT molecular complexity index is 914. The van der Waals surface area contributed by atoms with E-state index < -0.39 is 0 Å². The maximum atomic E-state index is 14.4. The molecule has 166 valence electrons. The van der Waals surface area contributed by atoms with Crippen LogP contribution in [0.15, 0.2) is 30.5 Å². The SMILES string of the molecule is O=C(Nc1cc(-c2cc(F)cc(NCC3CCOCC3)c2)c(Cl)cn1)[C@H]1CCCNC1. The number of carbonyl (C=O) groups excluding carboxylic acids is 1. The molecule has 2 aliphatic heterocycles. The van der Waals surface area contributed by atoms with Gasteiger partial charge in [-0.25, -0.2) is 9.37 Å². The Morgan fingerprint density at radius 1 is 1.23 bits per heavy atom. The van der Waals surface area contributed by atoms with Gasteiger partial charge in [0.05, 0.1) is 10.9 Å². The number of pyridine rings is 1. The molecule has 0 saturated carbocycles. The Hall–Kier alpha value is -2.22. The van der Waals surface area contributed by atoms with Crippen molar-refractivity contribution < 1.29 is 13.9 Å². The van der Waals surface area contributed by atoms with Crippen LogP contribution in [0.1, 0.15) is 25.7 Å². The highest BCUT2D eigenvalue weighted by Gasteiger charge is 2.21. The molecule has 2 saturated heterocycles. The average Bonchev–Trinajstić information content (AvgIpc) is 2.80. The third-order valence-electron chi connectivity index (χ3n) is 5.92. The normalized spacial score (nSPS) is 19.7. The summed E-state index contributed by atoms with van der Waals surface area (Å²) in [5.41, 5.74) is 1.97. The minimum absolute atomic E-state index is 0.0639. The molecule has 1 aromatic heterocycles. The number of anilines is 2. The molecule has 0 aliphatic carbocycles. The van der Waals surface area contributed by atoms with Crippen LogP contribution in [-0.4, -0.2) is 43.7 Å². The first-order valence-corrected chi connectivity index (χ1v) is 11.3. The minimum Gasteiger partial charge on any atom is -0.385 e. The van der Waals surface area contributed by atoms with E-state index in [-0.39, 0.29) is 17.6 Å². The van der Waals surface area contributed by atoms with E-state index in [1.807, 2.05) is 6.07 Å². The van der Waals surface area contributed by atoms with Crippen molar-refractivity contribution >= 4 is 29.0 Å². The first-order chi connectivity index (χ1) is 15.1. The number of benzene rings is 1. The number of nitrogens with one attached hydrogen (secondary N) is 3. The van der Waals surface area contributed by atoms with Crippen molar-refractivity contribution in [1.29, 1.82) is 0 Å². The molecule has 4 rings (SSSR count). The quantitative estimate of drug-likeness (QED) is 0.616. The summed E-state index contributed by atoms with van der Waals surface area (Å²) >= 11 is 6.38. The Morgan fingerprint density at radius 2 is 2.06 bits per heavy atom. The van der Waals surface area contributed by atoms with E-state index in [0.717, 1.165) is 52.0 Å². The van der Waals surface area contributed by atoms with Crippen molar-refractivity contribution in [1.82, 2.24) is 10.3 Å². The molecule has 1 amide bonds. The Morgan fingerprint density at radius 3 is 2.84 bits per heavy atom. The molecule has 2 aromatic rings. The van der Waals surface area contributed by atoms with Crippen molar-refractivity contribution in [3.05, 3.63) is 41.3 Å². The second-order valence-corrected chi connectivity index (χ2v) is 8.65. The smallest absolute Gasteiger partial charge is 0.229 e. The lowest BCUT2D eigenvalue weighted by molar-refractivity contribution is -0.120. The van der Waals surface area contributed by atoms with Gasteiger partial charge in [0.25, 0.3) is 0 Å². The van der Waals surface area contributed by atoms with Crippen LogP contribution in [-0.2, 0) is 9.53 Å². The number of ether oxygens (including phenoxy) is 1. The van der Waals surface area contributed by atoms with E-state index in [9.17, 15) is 9.18 Å². The first kappa shape index (κ1) is 22.0. The maximum absolute atomic E-state index is 14.4. The lowest BCUT2D eigenvalue weighted by atomic mass is 9.99. The second-order valence-electron chi connectivity index (χ2n) is 8.25. The van der Waals surface area contributed by atoms with E-state index in [1.54, 1.807) is 6.07 Å². The van der Waals surface area contributed by atoms with E-state index in [0.29, 0.717) is 40.1 Å². The van der Waals surface area contributed by atoms with E-state index >= 15 is 0 Å². The first-order valence-electron chi connectivity index (χ1n) is 10.9. The van der Waals surface area contributed by atoms with Gasteiger partial charge in [-0.3, -0.25) is 4.79 Å². The lowest BCUT2D eigenvalue weighted by Crippen LogP contribution is -2.37. The molecule has 2 aliphatic rings. The zero-order valence-corrected chi connectivity index (χ0v) is 18.2. The number of hydrogen-bond acceptors (Lipinski definition) is 5. The number of hydrogen-bond donors (Lipinski definition) is 3. The van der Waals surface area contributed by atoms with Gasteiger partial charge in [-0.2, -0.15) is 0 Å². The highest BCUT2D eigenvalue weighted by molar-refractivity contribution is 6.33. The topological polar surface area (TPSA) is 75.3 Å². The van der Waals surface area contributed by atoms with Crippen LogP contribution in [0.2, 0.25) is 5.02 Å². The van der Waals surface area contributed by atoms with E-state index in [1.165, 1.54) is 18.3 Å². The van der Waals surface area contributed by atoms with Gasteiger partial charge in [0.15, 0.2) is 0 Å². The van der Waals surface area contributed by atoms with Crippen LogP contribution in [0.3, 0.4) is 0 Å². The van der Waals surface area contributed by atoms with Gasteiger partial charge in [-0.1, -0.05) is 11.6 Å². The van der Waals surface area contributed by atoms with Crippen molar-refractivity contribution in [3.63, 3.8) is 0 Å². The van der Waals surface area contributed by atoms with Crippen LogP contribution in [0, 0.1) is 17.7 Å². The van der Waals surface area contributed by atoms with Crippen molar-refractivity contribution in [3.8, 4) is 11.1 Å². The van der Waals surface area contributed by atoms with Gasteiger partial charge in [0.1, 0.15) is 11.6 Å². The standard InChI is InChI=1S/C23H28ClFN4O2/c24-21-14-28-22(29-23(30)16-2-1-5-26-13-16)11-20(21)17-8-18(25)10-19(9-17)27-12-15-3-6-31-7-4-15/h8-11,14-16,26-27H,1-7,12-13H2,(H,28,29,30)/t16-/m0/s1. The number of piperidine rings is 1. The molecule has 0 unspecified atom stereocenters. The monoisotopic (exact) mass is 446 g/mol. The molecule has 0 bridgehead atoms. The molecule has 1 aromatic carbocycles. The summed E-state index contributed by atoms with van der Waals surface area (Å²) in [5, 5.41) is 9.86. The highest BCUT2D eigenvalue weighted by Crippen LogP contribution is 2.32. The van der Waals surface area contributed by atoms with Crippen molar-refractivity contribution in [2.75, 3.05) is 43.5 Å². The molecule has 0 spiro atoms. The third-order valence-corrected chi connectivity index (χ3v) is 6.22. The number of rotatable bonds is 6. The molecular formula is C23H28ClFN4O2. The van der Waals surface area contributed by atoms with Crippen LogP contribution in [0.25, 0.3) is 11.1 Å². The summed E-state index contributed by atoms with van der Waals surface area (Å²) in [4.78, 5) is 16.8. The minimum atomic E-state index is -0.348. The molecule has 3 heterocycles. The largest absolute Gasteiger partial charge is 0.385 e. The predicted octanol–water partition coefficient (Wildman–Crippen LogP) is 4.32. The van der Waals surface area contributed by atoms with Crippen molar-refractivity contribution in [2.24, 2.45) is 11.8 Å². The zero-order chi connectivity index (χ0) is 21.6. The van der Waals surface area contributed by atoms with Crippen LogP contribution in [0.5, 0.6) is 0 Å². The number of aromatic nitrogens is 1. The highest BCUT2D eigenvalue weighted by atomic mass is 35.5. The predicted molar refractivity (Wildman–Crippen MR) is 121 cm³/mol. The van der Waals surface area contributed by atoms with Gasteiger partial charge in [-0.15, -0.1) is 0 Å². The summed E-state index contributed by atoms with van der Waals surface area (Å²) < 4.78 is 19.8. The number of amides is 1. The Balaban J connectivity index is 1.49. The Labute approximate surface area is 186 Å². The van der Waals surface area contributed by atoms with Crippen LogP contribution >= 0.6 is 11.6 Å². The summed E-state index contributed by atoms with van der Waals surface area (Å²) in [5.74, 6) is 0.437.